The Kier molecular flexibility index (Phi) is 4.51. The van der Waals surface area contributed by atoms with E-state index < -0.39 is 6.04 Å². The normalized spacial score (nSPS) is 15.8. The number of carbonyl (C=O) groups is 2. The van der Waals surface area contributed by atoms with Gasteiger partial charge in [0.2, 0.25) is 5.91 Å². The summed E-state index contributed by atoms with van der Waals surface area (Å²) >= 11 is 0. The van der Waals surface area contributed by atoms with Gasteiger partial charge in [-0.05, 0) is 36.2 Å². The minimum absolute atomic E-state index is 0.106. The maximum absolute atomic E-state index is 12.7. The Morgan fingerprint density at radius 3 is 2.75 bits per heavy atom. The molecule has 5 nitrogen and oxygen atoms in total. The van der Waals surface area contributed by atoms with E-state index in [4.69, 9.17) is 4.74 Å². The first-order valence-electron chi connectivity index (χ1n) is 7.91. The van der Waals surface area contributed by atoms with Crippen LogP contribution in [0.2, 0.25) is 0 Å². The number of nitrogens with zero attached hydrogens (tertiary/aromatic N) is 1. The average molecular weight is 324 g/mol. The number of para-hydroxylation sites is 1. The number of ether oxygens (including phenoxy) is 1. The second-order valence-corrected chi connectivity index (χ2v) is 5.83. The van der Waals surface area contributed by atoms with E-state index in [1.54, 1.807) is 11.9 Å². The molecule has 2 amide bonds. The highest BCUT2D eigenvalue weighted by atomic mass is 16.5. The summed E-state index contributed by atoms with van der Waals surface area (Å²) in [5.41, 5.74) is 2.84. The van der Waals surface area contributed by atoms with Crippen LogP contribution < -0.4 is 15.0 Å². The molecule has 0 saturated heterocycles. The SMILES string of the molecule is CNC(=O)C1Cc2ccccc2N1C(=O)COc1cccc(C)c1. The Bertz CT molecular complexity index is 773. The molecule has 0 bridgehead atoms. The Morgan fingerprint density at radius 2 is 2.00 bits per heavy atom. The van der Waals surface area contributed by atoms with Crippen LogP contribution >= 0.6 is 0 Å². The molecule has 1 heterocycles. The second kappa shape index (κ2) is 6.74. The van der Waals surface area contributed by atoms with Crippen molar-refractivity contribution in [3.63, 3.8) is 0 Å². The van der Waals surface area contributed by atoms with Gasteiger partial charge in [-0.3, -0.25) is 14.5 Å². The standard InChI is InChI=1S/C19H20N2O3/c1-13-6-5-8-15(10-13)24-12-18(22)21-16-9-4-3-7-14(16)11-17(21)19(23)20-2/h3-10,17H,11-12H2,1-2H3,(H,20,23). The van der Waals surface area contributed by atoms with Gasteiger partial charge in [-0.15, -0.1) is 0 Å². The maximum atomic E-state index is 12.7. The molecule has 3 rings (SSSR count). The van der Waals surface area contributed by atoms with Crippen molar-refractivity contribution in [3.05, 3.63) is 59.7 Å². The van der Waals surface area contributed by atoms with Gasteiger partial charge < -0.3 is 10.1 Å². The fourth-order valence-electron chi connectivity index (χ4n) is 2.99. The van der Waals surface area contributed by atoms with Crippen LogP contribution in [0.1, 0.15) is 11.1 Å². The summed E-state index contributed by atoms with van der Waals surface area (Å²) in [5, 5.41) is 2.63. The van der Waals surface area contributed by atoms with E-state index in [9.17, 15) is 9.59 Å². The minimum Gasteiger partial charge on any atom is -0.484 e. The van der Waals surface area contributed by atoms with E-state index in [2.05, 4.69) is 5.32 Å². The summed E-state index contributed by atoms with van der Waals surface area (Å²) in [6, 6.07) is 14.6. The van der Waals surface area contributed by atoms with Crippen molar-refractivity contribution in [2.24, 2.45) is 0 Å². The third-order valence-electron chi connectivity index (χ3n) is 4.15. The number of likely N-dealkylation sites (N-methyl/N-ethyl adjacent to an activating group) is 1. The van der Waals surface area contributed by atoms with Crippen molar-refractivity contribution in [1.82, 2.24) is 5.32 Å². The molecule has 2 aromatic carbocycles. The first kappa shape index (κ1) is 16.1. The van der Waals surface area contributed by atoms with E-state index in [0.29, 0.717) is 12.2 Å². The van der Waals surface area contributed by atoms with Crippen LogP contribution in [0, 0.1) is 6.92 Å². The number of hydrogen-bond donors (Lipinski definition) is 1. The lowest BCUT2D eigenvalue weighted by Gasteiger charge is -2.24. The largest absolute Gasteiger partial charge is 0.484 e. The molecule has 1 aliphatic heterocycles. The molecule has 1 N–H and O–H groups in total. The third-order valence-corrected chi connectivity index (χ3v) is 4.15. The van der Waals surface area contributed by atoms with E-state index in [1.807, 2.05) is 55.5 Å². The number of nitrogens with one attached hydrogen (secondary N) is 1. The van der Waals surface area contributed by atoms with Crippen molar-refractivity contribution in [2.75, 3.05) is 18.6 Å². The summed E-state index contributed by atoms with van der Waals surface area (Å²) in [4.78, 5) is 26.4. The zero-order valence-corrected chi connectivity index (χ0v) is 13.8. The second-order valence-electron chi connectivity index (χ2n) is 5.83. The predicted octanol–water partition coefficient (Wildman–Crippen LogP) is 2.08. The number of carbonyl (C=O) groups excluding carboxylic acids is 2. The van der Waals surface area contributed by atoms with E-state index >= 15 is 0 Å². The van der Waals surface area contributed by atoms with E-state index in [1.165, 1.54) is 0 Å². The summed E-state index contributed by atoms with van der Waals surface area (Å²) < 4.78 is 5.61. The van der Waals surface area contributed by atoms with Crippen LogP contribution in [0.4, 0.5) is 5.69 Å². The zero-order valence-electron chi connectivity index (χ0n) is 13.8. The van der Waals surface area contributed by atoms with Gasteiger partial charge in [0.1, 0.15) is 11.8 Å². The van der Waals surface area contributed by atoms with Gasteiger partial charge in [-0.2, -0.15) is 0 Å². The lowest BCUT2D eigenvalue weighted by atomic mass is 10.1. The highest BCUT2D eigenvalue weighted by Crippen LogP contribution is 2.32. The van der Waals surface area contributed by atoms with Crippen LogP contribution in [0.3, 0.4) is 0 Å². The molecule has 0 radical (unpaired) electrons. The molecule has 5 heteroatoms. The van der Waals surface area contributed by atoms with Crippen molar-refractivity contribution in [1.29, 1.82) is 0 Å². The maximum Gasteiger partial charge on any atom is 0.265 e. The molecule has 1 unspecified atom stereocenters. The van der Waals surface area contributed by atoms with Crippen molar-refractivity contribution < 1.29 is 14.3 Å². The molecule has 2 aromatic rings. The molecule has 124 valence electrons. The van der Waals surface area contributed by atoms with Gasteiger partial charge in [-0.25, -0.2) is 0 Å². The number of amides is 2. The molecule has 0 aromatic heterocycles. The summed E-state index contributed by atoms with van der Waals surface area (Å²) in [5.74, 6) is 0.248. The number of fused-ring (bicyclic) bond motifs is 1. The zero-order chi connectivity index (χ0) is 17.1. The Balaban J connectivity index is 1.79. The van der Waals surface area contributed by atoms with Gasteiger partial charge >= 0.3 is 0 Å². The molecule has 1 aliphatic rings. The van der Waals surface area contributed by atoms with Crippen molar-refractivity contribution in [3.8, 4) is 5.75 Å². The summed E-state index contributed by atoms with van der Waals surface area (Å²) in [7, 11) is 1.58. The van der Waals surface area contributed by atoms with E-state index in [-0.39, 0.29) is 18.4 Å². The molecular weight excluding hydrogens is 304 g/mol. The molecule has 0 saturated carbocycles. The van der Waals surface area contributed by atoms with E-state index in [0.717, 1.165) is 16.8 Å². The highest BCUT2D eigenvalue weighted by molar-refractivity contribution is 6.04. The van der Waals surface area contributed by atoms with Crippen LogP contribution in [-0.2, 0) is 16.0 Å². The summed E-state index contributed by atoms with van der Waals surface area (Å²) in [6.07, 6.45) is 0.520. The van der Waals surface area contributed by atoms with Gasteiger partial charge in [0.15, 0.2) is 6.61 Å². The van der Waals surface area contributed by atoms with Crippen LogP contribution in [-0.4, -0.2) is 31.5 Å². The van der Waals surface area contributed by atoms with Crippen LogP contribution in [0.15, 0.2) is 48.5 Å². The van der Waals surface area contributed by atoms with Crippen molar-refractivity contribution >= 4 is 17.5 Å². The Morgan fingerprint density at radius 1 is 1.21 bits per heavy atom. The smallest absolute Gasteiger partial charge is 0.265 e. The quantitative estimate of drug-likeness (QED) is 0.937. The number of anilines is 1. The fourth-order valence-corrected chi connectivity index (χ4v) is 2.99. The monoisotopic (exact) mass is 324 g/mol. The number of benzene rings is 2. The number of rotatable bonds is 4. The molecule has 0 spiro atoms. The van der Waals surface area contributed by atoms with Gasteiger partial charge in [0.05, 0.1) is 0 Å². The number of aryl methyl sites for hydroxylation is 1. The van der Waals surface area contributed by atoms with Crippen LogP contribution in [0.25, 0.3) is 0 Å². The predicted molar refractivity (Wildman–Crippen MR) is 92.2 cm³/mol. The Hall–Kier alpha value is -2.82. The fraction of sp³-hybridized carbons (Fsp3) is 0.263. The first-order valence-corrected chi connectivity index (χ1v) is 7.91. The summed E-state index contributed by atoms with van der Waals surface area (Å²) in [6.45, 7) is 1.86. The van der Waals surface area contributed by atoms with Gasteiger partial charge in [-0.1, -0.05) is 30.3 Å². The molecule has 1 atom stereocenters. The molecule has 0 aliphatic carbocycles. The lowest BCUT2D eigenvalue weighted by molar-refractivity contribution is -0.126. The van der Waals surface area contributed by atoms with Crippen LogP contribution in [0.5, 0.6) is 5.75 Å². The third kappa shape index (κ3) is 3.11. The minimum atomic E-state index is -0.527. The van der Waals surface area contributed by atoms with Gasteiger partial charge in [0.25, 0.3) is 5.91 Å². The topological polar surface area (TPSA) is 58.6 Å². The molecule has 0 fully saturated rings. The first-order chi connectivity index (χ1) is 11.6. The molecule has 24 heavy (non-hydrogen) atoms. The number of hydrogen-bond acceptors (Lipinski definition) is 3. The van der Waals surface area contributed by atoms with Gasteiger partial charge in [0, 0.05) is 19.2 Å². The molecular formula is C19H20N2O3. The highest BCUT2D eigenvalue weighted by Gasteiger charge is 2.37. The van der Waals surface area contributed by atoms with Crippen molar-refractivity contribution in [2.45, 2.75) is 19.4 Å². The lowest BCUT2D eigenvalue weighted by Crippen LogP contribution is -2.48. The average Bonchev–Trinajstić information content (AvgIpc) is 2.98. The Labute approximate surface area is 141 Å².